The van der Waals surface area contributed by atoms with Crippen LogP contribution in [-0.4, -0.2) is 70.3 Å². The second-order valence-electron chi connectivity index (χ2n) is 10.7. The van der Waals surface area contributed by atoms with Crippen LogP contribution >= 0.6 is 11.6 Å². The minimum atomic E-state index is -1.04. The predicted molar refractivity (Wildman–Crippen MR) is 165 cm³/mol. The van der Waals surface area contributed by atoms with Gasteiger partial charge in [0.1, 0.15) is 23.9 Å². The van der Waals surface area contributed by atoms with Crippen LogP contribution in [0.25, 0.3) is 11.3 Å². The topological polar surface area (TPSA) is 127 Å². The number of pyridine rings is 1. The number of carboxylic acid groups (broad SMARTS) is 1. The van der Waals surface area contributed by atoms with Crippen molar-refractivity contribution in [2.75, 3.05) is 50.0 Å². The Kier molecular flexibility index (Phi) is 8.69. The van der Waals surface area contributed by atoms with E-state index in [1.807, 2.05) is 30.3 Å². The quantitative estimate of drug-likeness (QED) is 0.251. The van der Waals surface area contributed by atoms with Crippen molar-refractivity contribution in [3.8, 4) is 17.0 Å². The molecule has 0 amide bonds. The van der Waals surface area contributed by atoms with E-state index in [0.717, 1.165) is 79.5 Å². The van der Waals surface area contributed by atoms with Gasteiger partial charge in [0.15, 0.2) is 0 Å². The summed E-state index contributed by atoms with van der Waals surface area (Å²) in [5, 5.41) is 9.82. The van der Waals surface area contributed by atoms with Gasteiger partial charge in [-0.25, -0.2) is 14.8 Å². The molecule has 0 bridgehead atoms. The molecule has 3 N–H and O–H groups in total. The lowest BCUT2D eigenvalue weighted by Crippen LogP contribution is -2.48. The van der Waals surface area contributed by atoms with Gasteiger partial charge in [-0.15, -0.1) is 0 Å². The van der Waals surface area contributed by atoms with Crippen LogP contribution in [0.2, 0.25) is 5.02 Å². The van der Waals surface area contributed by atoms with E-state index < -0.39 is 5.97 Å². The van der Waals surface area contributed by atoms with Crippen molar-refractivity contribution in [2.24, 2.45) is 0 Å². The van der Waals surface area contributed by atoms with Crippen LogP contribution in [0.3, 0.4) is 0 Å². The van der Waals surface area contributed by atoms with Gasteiger partial charge in [0, 0.05) is 48.9 Å². The van der Waals surface area contributed by atoms with Crippen LogP contribution < -0.4 is 15.4 Å². The standard InChI is InChI=1S/C32H33ClN6O4/c33-23-7-4-21(5-8-23)19-43-25-9-11-26-22(18-25)6-10-27-29(26)36-32(34)37-30(27)39-14-12-38(13-15-39)16-17-42-20-24-2-1-3-28(35-24)31(40)41/h1-5,7-9,11,18H,6,10,12-17,19-20H2,(H,40,41)(H2,34,36,37). The molecular formula is C32H33ClN6O4. The molecule has 0 radical (unpaired) electrons. The Morgan fingerprint density at radius 1 is 0.953 bits per heavy atom. The summed E-state index contributed by atoms with van der Waals surface area (Å²) in [6, 6.07) is 18.8. The first-order chi connectivity index (χ1) is 20.9. The lowest BCUT2D eigenvalue weighted by Gasteiger charge is -2.37. The number of ether oxygens (including phenoxy) is 2. The van der Waals surface area contributed by atoms with Crippen LogP contribution in [0, 0.1) is 0 Å². The highest BCUT2D eigenvalue weighted by atomic mass is 35.5. The number of nitrogens with two attached hydrogens (primary N) is 1. The molecule has 1 saturated heterocycles. The lowest BCUT2D eigenvalue weighted by molar-refractivity contribution is 0.0687. The maximum atomic E-state index is 11.1. The third kappa shape index (κ3) is 6.88. The SMILES string of the molecule is Nc1nc2c(c(N3CCN(CCOCc4cccc(C(=O)O)n4)CC3)n1)CCc1cc(OCc3ccc(Cl)cc3)ccc1-2. The van der Waals surface area contributed by atoms with Gasteiger partial charge in [0.05, 0.1) is 24.6 Å². The number of hydrogen-bond donors (Lipinski definition) is 2. The number of carbonyl (C=O) groups is 1. The Labute approximate surface area is 255 Å². The van der Waals surface area contributed by atoms with E-state index in [1.165, 1.54) is 11.6 Å². The van der Waals surface area contributed by atoms with Crippen molar-refractivity contribution in [2.45, 2.75) is 26.1 Å². The number of aryl methyl sites for hydroxylation is 1. The molecule has 0 atom stereocenters. The third-order valence-corrected chi connectivity index (χ3v) is 8.05. The molecule has 43 heavy (non-hydrogen) atoms. The fourth-order valence-electron chi connectivity index (χ4n) is 5.54. The summed E-state index contributed by atoms with van der Waals surface area (Å²) in [7, 11) is 0. The monoisotopic (exact) mass is 600 g/mol. The molecule has 0 unspecified atom stereocenters. The average Bonchev–Trinajstić information content (AvgIpc) is 3.02. The number of aromatic carboxylic acids is 1. The summed E-state index contributed by atoms with van der Waals surface area (Å²) in [5.41, 5.74) is 12.3. The molecule has 11 heteroatoms. The maximum Gasteiger partial charge on any atom is 0.354 e. The summed E-state index contributed by atoms with van der Waals surface area (Å²) < 4.78 is 11.8. The van der Waals surface area contributed by atoms with Gasteiger partial charge >= 0.3 is 5.97 Å². The highest BCUT2D eigenvalue weighted by Crippen LogP contribution is 2.38. The van der Waals surface area contributed by atoms with E-state index in [9.17, 15) is 4.79 Å². The second-order valence-corrected chi connectivity index (χ2v) is 11.1. The molecule has 2 aromatic heterocycles. The summed E-state index contributed by atoms with van der Waals surface area (Å²) in [5.74, 6) is 0.989. The Hall–Kier alpha value is -4.25. The number of anilines is 2. The number of fused-ring (bicyclic) bond motifs is 3. The van der Waals surface area contributed by atoms with Crippen molar-refractivity contribution >= 4 is 29.3 Å². The van der Waals surface area contributed by atoms with Crippen molar-refractivity contribution in [3.63, 3.8) is 0 Å². The molecule has 1 aliphatic heterocycles. The van der Waals surface area contributed by atoms with E-state index in [0.29, 0.717) is 23.9 Å². The van der Waals surface area contributed by atoms with Crippen LogP contribution in [0.15, 0.2) is 60.7 Å². The van der Waals surface area contributed by atoms with E-state index in [-0.39, 0.29) is 18.2 Å². The predicted octanol–water partition coefficient (Wildman–Crippen LogP) is 4.49. The Morgan fingerprint density at radius 2 is 1.77 bits per heavy atom. The molecule has 1 fully saturated rings. The number of carboxylic acids is 1. The van der Waals surface area contributed by atoms with Gasteiger partial charge in [0.2, 0.25) is 5.95 Å². The summed E-state index contributed by atoms with van der Waals surface area (Å²) >= 11 is 5.99. The van der Waals surface area contributed by atoms with Gasteiger partial charge in [-0.3, -0.25) is 4.90 Å². The third-order valence-electron chi connectivity index (χ3n) is 7.80. The number of hydrogen-bond acceptors (Lipinski definition) is 9. The largest absolute Gasteiger partial charge is 0.489 e. The first-order valence-electron chi connectivity index (χ1n) is 14.3. The van der Waals surface area contributed by atoms with Gasteiger partial charge in [-0.05, 0) is 66.4 Å². The van der Waals surface area contributed by atoms with Crippen LogP contribution in [0.5, 0.6) is 5.75 Å². The molecule has 10 nitrogen and oxygen atoms in total. The van der Waals surface area contributed by atoms with Gasteiger partial charge in [-0.1, -0.05) is 29.8 Å². The van der Waals surface area contributed by atoms with Crippen molar-refractivity contribution in [3.05, 3.63) is 93.8 Å². The lowest BCUT2D eigenvalue weighted by atomic mass is 9.88. The molecule has 4 aromatic rings. The number of aromatic nitrogens is 3. The zero-order valence-electron chi connectivity index (χ0n) is 23.7. The molecule has 0 spiro atoms. The molecule has 222 valence electrons. The first kappa shape index (κ1) is 28.9. The van der Waals surface area contributed by atoms with E-state index in [2.05, 4.69) is 36.9 Å². The first-order valence-corrected chi connectivity index (χ1v) is 14.7. The highest BCUT2D eigenvalue weighted by molar-refractivity contribution is 6.30. The molecular weight excluding hydrogens is 568 g/mol. The Balaban J connectivity index is 1.05. The Morgan fingerprint density at radius 3 is 2.56 bits per heavy atom. The van der Waals surface area contributed by atoms with E-state index in [1.54, 1.807) is 12.1 Å². The van der Waals surface area contributed by atoms with Crippen LogP contribution in [0.4, 0.5) is 11.8 Å². The average molecular weight is 601 g/mol. The summed E-state index contributed by atoms with van der Waals surface area (Å²) in [4.78, 5) is 29.2. The number of benzene rings is 2. The smallest absolute Gasteiger partial charge is 0.354 e. The molecule has 0 saturated carbocycles. The van der Waals surface area contributed by atoms with Crippen molar-refractivity contribution in [1.29, 1.82) is 0 Å². The minimum Gasteiger partial charge on any atom is -0.489 e. The van der Waals surface area contributed by atoms with Crippen molar-refractivity contribution < 1.29 is 19.4 Å². The van der Waals surface area contributed by atoms with Gasteiger partial charge in [0.25, 0.3) is 0 Å². The second kappa shape index (κ2) is 12.9. The van der Waals surface area contributed by atoms with E-state index >= 15 is 0 Å². The minimum absolute atomic E-state index is 0.0252. The zero-order valence-corrected chi connectivity index (χ0v) is 24.5. The normalized spacial score (nSPS) is 14.7. The Bertz CT molecular complexity index is 1610. The number of piperazine rings is 1. The number of nitrogen functional groups attached to an aromatic ring is 1. The number of nitrogens with zero attached hydrogens (tertiary/aromatic N) is 5. The summed E-state index contributed by atoms with van der Waals surface area (Å²) in [6.07, 6.45) is 1.71. The molecule has 2 aromatic carbocycles. The zero-order chi connectivity index (χ0) is 29.8. The molecule has 3 heterocycles. The van der Waals surface area contributed by atoms with Crippen molar-refractivity contribution in [1.82, 2.24) is 19.9 Å². The molecule has 1 aliphatic carbocycles. The van der Waals surface area contributed by atoms with Gasteiger partial charge < -0.3 is 25.2 Å². The highest BCUT2D eigenvalue weighted by Gasteiger charge is 2.27. The molecule has 6 rings (SSSR count). The maximum absolute atomic E-state index is 11.1. The van der Waals surface area contributed by atoms with Gasteiger partial charge in [-0.2, -0.15) is 4.98 Å². The number of rotatable bonds is 10. The summed E-state index contributed by atoms with van der Waals surface area (Å²) in [6.45, 7) is 5.49. The fourth-order valence-corrected chi connectivity index (χ4v) is 5.67. The van der Waals surface area contributed by atoms with E-state index in [4.69, 9.17) is 31.9 Å². The molecule has 2 aliphatic rings. The van der Waals surface area contributed by atoms with Crippen LogP contribution in [-0.2, 0) is 30.8 Å². The van der Waals surface area contributed by atoms with Crippen LogP contribution in [0.1, 0.15) is 32.9 Å². The fraction of sp³-hybridized carbons (Fsp3) is 0.312. The number of halogens is 1.